The molecular formula is C11H15BIN2O. The summed E-state index contributed by atoms with van der Waals surface area (Å²) in [6, 6.07) is 0. The Morgan fingerprint density at radius 2 is 2.12 bits per heavy atom. The fourth-order valence-electron chi connectivity index (χ4n) is 2.72. The minimum Gasteiger partial charge on any atom is -0.280 e. The number of carbonyl (C=O) groups excluding carboxylic acids is 1. The van der Waals surface area contributed by atoms with E-state index in [-0.39, 0.29) is 11.4 Å². The number of nitrogens with zero attached hydrogens (tertiary/aromatic N) is 2. The van der Waals surface area contributed by atoms with E-state index in [1.165, 1.54) is 5.57 Å². The Labute approximate surface area is 111 Å². The van der Waals surface area contributed by atoms with Crippen molar-refractivity contribution in [1.82, 2.24) is 10.0 Å². The molecule has 0 spiro atoms. The van der Waals surface area contributed by atoms with Gasteiger partial charge in [0.15, 0.2) is 7.28 Å². The predicted molar refractivity (Wildman–Crippen MR) is 72.3 cm³/mol. The average Bonchev–Trinajstić information content (AvgIpc) is 2.77. The van der Waals surface area contributed by atoms with E-state index in [2.05, 4.69) is 48.7 Å². The third kappa shape index (κ3) is 1.55. The number of rotatable bonds is 0. The van der Waals surface area contributed by atoms with Gasteiger partial charge in [0.2, 0.25) is 0 Å². The lowest BCUT2D eigenvalue weighted by Crippen LogP contribution is -2.57. The van der Waals surface area contributed by atoms with Gasteiger partial charge in [0.1, 0.15) is 0 Å². The van der Waals surface area contributed by atoms with Gasteiger partial charge in [-0.3, -0.25) is 9.80 Å². The molecule has 2 heterocycles. The Kier molecular flexibility index (Phi) is 2.41. The van der Waals surface area contributed by atoms with Gasteiger partial charge in [-0.15, -0.1) is 0 Å². The molecule has 16 heavy (non-hydrogen) atoms. The third-order valence-electron chi connectivity index (χ3n) is 3.70. The first-order valence-electron chi connectivity index (χ1n) is 5.78. The van der Waals surface area contributed by atoms with E-state index in [9.17, 15) is 4.79 Å². The molecule has 1 aliphatic carbocycles. The van der Waals surface area contributed by atoms with Crippen molar-refractivity contribution in [3.63, 3.8) is 0 Å². The highest BCUT2D eigenvalue weighted by molar-refractivity contribution is 14.1. The van der Waals surface area contributed by atoms with Crippen molar-refractivity contribution in [3.05, 3.63) is 11.1 Å². The normalized spacial score (nSPS) is 37.3. The van der Waals surface area contributed by atoms with E-state index in [1.807, 2.05) is 5.01 Å². The molecule has 3 nitrogen and oxygen atoms in total. The van der Waals surface area contributed by atoms with Gasteiger partial charge < -0.3 is 0 Å². The minimum atomic E-state index is 0.0855. The van der Waals surface area contributed by atoms with Crippen LogP contribution in [0.2, 0.25) is 0 Å². The highest BCUT2D eigenvalue weighted by atomic mass is 127. The Hall–Kier alpha value is -0.0351. The van der Waals surface area contributed by atoms with Crippen LogP contribution in [0.4, 0.5) is 0 Å². The van der Waals surface area contributed by atoms with E-state index in [4.69, 9.17) is 0 Å². The lowest BCUT2D eigenvalue weighted by molar-refractivity contribution is -0.154. The van der Waals surface area contributed by atoms with Gasteiger partial charge in [-0.25, -0.2) is 5.01 Å². The van der Waals surface area contributed by atoms with Crippen molar-refractivity contribution in [2.75, 3.05) is 12.9 Å². The molecule has 2 aliphatic heterocycles. The molecule has 0 N–H and O–H groups in total. The molecule has 0 aromatic heterocycles. The van der Waals surface area contributed by atoms with Crippen molar-refractivity contribution in [2.24, 2.45) is 0 Å². The van der Waals surface area contributed by atoms with Crippen LogP contribution < -0.4 is 0 Å². The number of hydrazine groups is 1. The summed E-state index contributed by atoms with van der Waals surface area (Å²) in [4.78, 5) is 12.3. The molecule has 0 bridgehead atoms. The van der Waals surface area contributed by atoms with E-state index < -0.39 is 0 Å². The van der Waals surface area contributed by atoms with E-state index in [1.54, 1.807) is 0 Å². The van der Waals surface area contributed by atoms with Crippen LogP contribution in [-0.2, 0) is 4.79 Å². The lowest BCUT2D eigenvalue weighted by Gasteiger charge is -2.46. The van der Waals surface area contributed by atoms with Crippen molar-refractivity contribution in [2.45, 2.75) is 36.2 Å². The lowest BCUT2D eigenvalue weighted by atomic mass is 9.80. The Balaban J connectivity index is 1.98. The molecule has 3 fully saturated rings. The largest absolute Gasteiger partial charge is 0.280 e. The molecule has 1 atom stereocenters. The van der Waals surface area contributed by atoms with Crippen molar-refractivity contribution in [3.8, 4) is 0 Å². The highest BCUT2D eigenvalue weighted by Crippen LogP contribution is 2.45. The average molecular weight is 329 g/mol. The Morgan fingerprint density at radius 3 is 2.75 bits per heavy atom. The maximum absolute atomic E-state index is 12.3. The molecule has 3 rings (SSSR count). The van der Waals surface area contributed by atoms with Gasteiger partial charge in [0.25, 0.3) is 5.91 Å². The monoisotopic (exact) mass is 329 g/mol. The van der Waals surface area contributed by atoms with Crippen LogP contribution in [0.5, 0.6) is 0 Å². The van der Waals surface area contributed by atoms with Crippen LogP contribution in [0.3, 0.4) is 0 Å². The van der Waals surface area contributed by atoms with Crippen molar-refractivity contribution < 1.29 is 4.79 Å². The van der Waals surface area contributed by atoms with E-state index in [0.29, 0.717) is 3.92 Å². The van der Waals surface area contributed by atoms with Gasteiger partial charge in [-0.2, -0.15) is 0 Å². The van der Waals surface area contributed by atoms with Crippen molar-refractivity contribution >= 4 is 35.8 Å². The second-order valence-electron chi connectivity index (χ2n) is 5.42. The second-order valence-corrected chi connectivity index (χ2v) is 6.93. The van der Waals surface area contributed by atoms with Crippen LogP contribution in [0, 0.1) is 0 Å². The zero-order chi connectivity index (χ0) is 11.5. The molecule has 1 amide bonds. The minimum absolute atomic E-state index is 0.0855. The Morgan fingerprint density at radius 1 is 1.44 bits per heavy atom. The van der Waals surface area contributed by atoms with Crippen molar-refractivity contribution in [1.29, 1.82) is 0 Å². The molecule has 5 heteroatoms. The van der Waals surface area contributed by atoms with Crippen LogP contribution in [-0.4, -0.2) is 45.6 Å². The predicted octanol–water partition coefficient (Wildman–Crippen LogP) is 1.35. The first kappa shape index (κ1) is 11.1. The highest BCUT2D eigenvalue weighted by Gasteiger charge is 2.47. The number of fused-ring (bicyclic) bond motifs is 1. The molecule has 0 aromatic rings. The molecular weight excluding hydrogens is 314 g/mol. The zero-order valence-electron chi connectivity index (χ0n) is 9.66. The quantitative estimate of drug-likeness (QED) is 0.290. The molecule has 0 aromatic carbocycles. The van der Waals surface area contributed by atoms with Crippen LogP contribution in [0.15, 0.2) is 11.1 Å². The van der Waals surface area contributed by atoms with Crippen LogP contribution >= 0.6 is 22.6 Å². The summed E-state index contributed by atoms with van der Waals surface area (Å²) in [6.07, 6.45) is 3.72. The standard InChI is InChI=1S/C11H15BIN2O/c1-11(2)4-8(7-3-9(7)13)10(16)14-5-12-6-15(11)14/h9H,3-6H2,1-2H3/b8-7-. The molecule has 3 aliphatic rings. The molecule has 1 radical (unpaired) electrons. The SMILES string of the molecule is CC1(C)C/C(=C2\CC2I)C(=O)N2C[B]CN21. The zero-order valence-corrected chi connectivity index (χ0v) is 11.8. The van der Waals surface area contributed by atoms with Crippen LogP contribution in [0.25, 0.3) is 0 Å². The first-order chi connectivity index (χ1) is 7.50. The topological polar surface area (TPSA) is 23.6 Å². The Bertz CT molecular complexity index is 393. The smallest absolute Gasteiger partial charge is 0.263 e. The van der Waals surface area contributed by atoms with Gasteiger partial charge in [0, 0.05) is 21.5 Å². The maximum Gasteiger partial charge on any atom is 0.263 e. The number of carbonyl (C=O) groups is 1. The fourth-order valence-corrected chi connectivity index (χ4v) is 3.57. The maximum atomic E-state index is 12.3. The third-order valence-corrected chi connectivity index (χ3v) is 4.89. The molecule has 1 unspecified atom stereocenters. The molecule has 2 saturated heterocycles. The summed E-state index contributed by atoms with van der Waals surface area (Å²) in [7, 11) is 2.18. The number of allylic oxidation sites excluding steroid dienone is 1. The van der Waals surface area contributed by atoms with Gasteiger partial charge in [-0.1, -0.05) is 22.6 Å². The number of hydrogen-bond acceptors (Lipinski definition) is 2. The van der Waals surface area contributed by atoms with Gasteiger partial charge in [0.05, 0.1) is 0 Å². The summed E-state index contributed by atoms with van der Waals surface area (Å²) in [6.45, 7) is 4.47. The second kappa shape index (κ2) is 3.48. The first-order valence-corrected chi connectivity index (χ1v) is 7.02. The van der Waals surface area contributed by atoms with Gasteiger partial charge >= 0.3 is 0 Å². The number of amides is 1. The number of alkyl halides is 1. The summed E-state index contributed by atoms with van der Waals surface area (Å²) in [5, 5.41) is 4.14. The summed E-state index contributed by atoms with van der Waals surface area (Å²) in [5.74, 6) is 0.252. The number of hydrogen-bond donors (Lipinski definition) is 0. The summed E-state index contributed by atoms with van der Waals surface area (Å²) in [5.41, 5.74) is 2.57. The molecule has 1 saturated carbocycles. The fraction of sp³-hybridized carbons (Fsp3) is 0.727. The van der Waals surface area contributed by atoms with Gasteiger partial charge in [-0.05, 0) is 38.7 Å². The summed E-state index contributed by atoms with van der Waals surface area (Å²) < 4.78 is 0.616. The van der Waals surface area contributed by atoms with Crippen LogP contribution in [0.1, 0.15) is 26.7 Å². The number of halogens is 1. The van der Waals surface area contributed by atoms with E-state index >= 15 is 0 Å². The molecule has 85 valence electrons. The summed E-state index contributed by atoms with van der Waals surface area (Å²) >= 11 is 2.43. The van der Waals surface area contributed by atoms with E-state index in [0.717, 1.165) is 31.3 Å².